The van der Waals surface area contributed by atoms with Gasteiger partial charge in [0.2, 0.25) is 0 Å². The number of sulfonamides is 1. The SMILES string of the molecule is CCn1cc(S(=O)(=O)NCC(CC)(CC)C(=O)O)nc1C. The van der Waals surface area contributed by atoms with Crippen molar-refractivity contribution in [3.05, 3.63) is 12.0 Å². The number of hydrogen-bond acceptors (Lipinski definition) is 4. The molecule has 0 aliphatic heterocycles. The van der Waals surface area contributed by atoms with Crippen molar-refractivity contribution in [1.82, 2.24) is 14.3 Å². The standard InChI is InChI=1S/C13H23N3O4S/c1-5-13(6-2,12(17)18)9-14-21(19,20)11-8-16(7-3)10(4)15-11/h8,14H,5-7,9H2,1-4H3,(H,17,18). The minimum Gasteiger partial charge on any atom is -0.481 e. The summed E-state index contributed by atoms with van der Waals surface area (Å²) in [5.41, 5.74) is -1.09. The van der Waals surface area contributed by atoms with Gasteiger partial charge in [-0.25, -0.2) is 18.1 Å². The summed E-state index contributed by atoms with van der Waals surface area (Å²) in [7, 11) is -3.80. The molecule has 0 radical (unpaired) electrons. The second kappa shape index (κ2) is 6.57. The molecule has 1 aromatic rings. The van der Waals surface area contributed by atoms with Gasteiger partial charge in [-0.05, 0) is 26.7 Å². The summed E-state index contributed by atoms with van der Waals surface area (Å²) in [5.74, 6) is -0.390. The molecule has 1 aromatic heterocycles. The summed E-state index contributed by atoms with van der Waals surface area (Å²) >= 11 is 0. The van der Waals surface area contributed by atoms with E-state index in [2.05, 4.69) is 9.71 Å². The van der Waals surface area contributed by atoms with E-state index in [9.17, 15) is 18.3 Å². The summed E-state index contributed by atoms with van der Waals surface area (Å²) in [6.07, 6.45) is 2.16. The third kappa shape index (κ3) is 3.62. The van der Waals surface area contributed by atoms with Gasteiger partial charge in [0.05, 0.1) is 5.41 Å². The fourth-order valence-corrected chi connectivity index (χ4v) is 3.25. The molecule has 120 valence electrons. The normalized spacial score (nSPS) is 12.6. The van der Waals surface area contributed by atoms with Gasteiger partial charge in [-0.1, -0.05) is 13.8 Å². The number of hydrogen-bond donors (Lipinski definition) is 2. The van der Waals surface area contributed by atoms with Crippen LogP contribution in [0.3, 0.4) is 0 Å². The van der Waals surface area contributed by atoms with Gasteiger partial charge in [-0.2, -0.15) is 0 Å². The zero-order valence-electron chi connectivity index (χ0n) is 12.9. The van der Waals surface area contributed by atoms with Crippen molar-refractivity contribution in [2.75, 3.05) is 6.54 Å². The summed E-state index contributed by atoms with van der Waals surface area (Å²) in [6.45, 7) is 7.57. The van der Waals surface area contributed by atoms with Crippen LogP contribution in [-0.4, -0.2) is 35.6 Å². The fourth-order valence-electron chi connectivity index (χ4n) is 2.11. The lowest BCUT2D eigenvalue weighted by molar-refractivity contribution is -0.149. The van der Waals surface area contributed by atoms with E-state index in [0.717, 1.165) is 0 Å². The highest BCUT2D eigenvalue weighted by Gasteiger charge is 2.36. The maximum atomic E-state index is 12.2. The number of rotatable bonds is 8. The first-order valence-electron chi connectivity index (χ1n) is 6.99. The Morgan fingerprint density at radius 1 is 1.38 bits per heavy atom. The number of aryl methyl sites for hydroxylation is 2. The molecule has 7 nitrogen and oxygen atoms in total. The molecule has 8 heteroatoms. The highest BCUT2D eigenvalue weighted by atomic mass is 32.2. The number of imidazole rings is 1. The van der Waals surface area contributed by atoms with Crippen LogP contribution in [0.1, 0.15) is 39.4 Å². The molecule has 0 saturated carbocycles. The van der Waals surface area contributed by atoms with Gasteiger partial charge in [-0.3, -0.25) is 4.79 Å². The Balaban J connectivity index is 2.97. The van der Waals surface area contributed by atoms with E-state index < -0.39 is 21.4 Å². The van der Waals surface area contributed by atoms with E-state index >= 15 is 0 Å². The first-order chi connectivity index (χ1) is 9.72. The van der Waals surface area contributed by atoms with Crippen molar-refractivity contribution in [2.24, 2.45) is 5.41 Å². The molecular formula is C13H23N3O4S. The molecular weight excluding hydrogens is 294 g/mol. The molecule has 2 N–H and O–H groups in total. The van der Waals surface area contributed by atoms with E-state index in [4.69, 9.17) is 0 Å². The van der Waals surface area contributed by atoms with Gasteiger partial charge in [0.25, 0.3) is 10.0 Å². The smallest absolute Gasteiger partial charge is 0.310 e. The quantitative estimate of drug-likeness (QED) is 0.754. The Hall–Kier alpha value is -1.41. The molecule has 0 fully saturated rings. The number of nitrogens with zero attached hydrogens (tertiary/aromatic N) is 2. The van der Waals surface area contributed by atoms with Crippen molar-refractivity contribution in [2.45, 2.75) is 52.1 Å². The number of carbonyl (C=O) groups is 1. The van der Waals surface area contributed by atoms with E-state index in [1.807, 2.05) is 6.92 Å². The fraction of sp³-hybridized carbons (Fsp3) is 0.692. The van der Waals surface area contributed by atoms with Crippen LogP contribution < -0.4 is 4.72 Å². The van der Waals surface area contributed by atoms with Gasteiger partial charge >= 0.3 is 5.97 Å². The second-order valence-electron chi connectivity index (χ2n) is 5.03. The van der Waals surface area contributed by atoms with Crippen molar-refractivity contribution in [3.8, 4) is 0 Å². The number of aromatic nitrogens is 2. The summed E-state index contributed by atoms with van der Waals surface area (Å²) in [5, 5.41) is 9.25. The van der Waals surface area contributed by atoms with Gasteiger partial charge in [0.15, 0.2) is 5.03 Å². The van der Waals surface area contributed by atoms with Crippen molar-refractivity contribution >= 4 is 16.0 Å². The Kier molecular flexibility index (Phi) is 5.52. The summed E-state index contributed by atoms with van der Waals surface area (Å²) in [4.78, 5) is 15.4. The third-order valence-corrected chi connectivity index (χ3v) is 5.25. The van der Waals surface area contributed by atoms with Crippen LogP contribution in [0.25, 0.3) is 0 Å². The van der Waals surface area contributed by atoms with Crippen LogP contribution in [0.5, 0.6) is 0 Å². The lowest BCUT2D eigenvalue weighted by atomic mass is 9.83. The van der Waals surface area contributed by atoms with Gasteiger partial charge in [-0.15, -0.1) is 0 Å². The minimum atomic E-state index is -3.80. The van der Waals surface area contributed by atoms with Crippen LogP contribution in [0, 0.1) is 12.3 Å². The second-order valence-corrected chi connectivity index (χ2v) is 6.74. The topological polar surface area (TPSA) is 101 Å². The number of nitrogens with one attached hydrogen (secondary N) is 1. The van der Waals surface area contributed by atoms with Gasteiger partial charge < -0.3 is 9.67 Å². The van der Waals surface area contributed by atoms with Crippen molar-refractivity contribution in [3.63, 3.8) is 0 Å². The number of carboxylic acids is 1. The molecule has 0 saturated heterocycles. The highest BCUT2D eigenvalue weighted by Crippen LogP contribution is 2.26. The average molecular weight is 317 g/mol. The average Bonchev–Trinajstić information content (AvgIpc) is 2.82. The molecule has 1 rings (SSSR count). The maximum Gasteiger partial charge on any atom is 0.310 e. The predicted octanol–water partition coefficient (Wildman–Crippen LogP) is 1.38. The molecule has 0 unspecified atom stereocenters. The first-order valence-corrected chi connectivity index (χ1v) is 8.47. The number of carboxylic acid groups (broad SMARTS) is 1. The molecule has 0 aliphatic rings. The van der Waals surface area contributed by atoms with E-state index in [0.29, 0.717) is 25.2 Å². The van der Waals surface area contributed by atoms with E-state index in [1.54, 1.807) is 25.3 Å². The van der Waals surface area contributed by atoms with Gasteiger partial charge in [0, 0.05) is 19.3 Å². The molecule has 0 amide bonds. The van der Waals surface area contributed by atoms with Crippen LogP contribution in [-0.2, 0) is 21.4 Å². The maximum absolute atomic E-state index is 12.2. The molecule has 1 heterocycles. The molecule has 0 aliphatic carbocycles. The lowest BCUT2D eigenvalue weighted by Gasteiger charge is -2.26. The zero-order valence-corrected chi connectivity index (χ0v) is 13.7. The molecule has 0 bridgehead atoms. The van der Waals surface area contributed by atoms with E-state index in [-0.39, 0.29) is 11.6 Å². The summed E-state index contributed by atoms with van der Waals surface area (Å²) < 4.78 is 28.6. The lowest BCUT2D eigenvalue weighted by Crippen LogP contribution is -2.42. The molecule has 0 atom stereocenters. The van der Waals surface area contributed by atoms with Crippen LogP contribution in [0.4, 0.5) is 0 Å². The molecule has 21 heavy (non-hydrogen) atoms. The Morgan fingerprint density at radius 2 is 1.95 bits per heavy atom. The Bertz CT molecular complexity index is 603. The van der Waals surface area contributed by atoms with Crippen LogP contribution in [0.15, 0.2) is 11.2 Å². The molecule has 0 aromatic carbocycles. The van der Waals surface area contributed by atoms with Crippen LogP contribution >= 0.6 is 0 Å². The largest absolute Gasteiger partial charge is 0.481 e. The van der Waals surface area contributed by atoms with Crippen LogP contribution in [0.2, 0.25) is 0 Å². The zero-order chi connectivity index (χ0) is 16.3. The minimum absolute atomic E-state index is 0.0756. The van der Waals surface area contributed by atoms with Crippen molar-refractivity contribution < 1.29 is 18.3 Å². The number of aliphatic carboxylic acids is 1. The predicted molar refractivity (Wildman–Crippen MR) is 78.5 cm³/mol. The van der Waals surface area contributed by atoms with Gasteiger partial charge in [0.1, 0.15) is 5.82 Å². The van der Waals surface area contributed by atoms with Crippen molar-refractivity contribution in [1.29, 1.82) is 0 Å². The third-order valence-electron chi connectivity index (χ3n) is 3.98. The van der Waals surface area contributed by atoms with E-state index in [1.165, 1.54) is 6.20 Å². The Labute approximate surface area is 125 Å². The first kappa shape index (κ1) is 17.6. The summed E-state index contributed by atoms with van der Waals surface area (Å²) in [6, 6.07) is 0. The Morgan fingerprint density at radius 3 is 2.33 bits per heavy atom. The molecule has 0 spiro atoms. The monoisotopic (exact) mass is 317 g/mol. The highest BCUT2D eigenvalue weighted by molar-refractivity contribution is 7.89.